The van der Waals surface area contributed by atoms with Gasteiger partial charge in [0.05, 0.1) is 0 Å². The maximum absolute atomic E-state index is 13.2. The molecule has 0 aliphatic rings. The Bertz CT molecular complexity index is 504. The number of halogens is 2. The van der Waals surface area contributed by atoms with Crippen molar-refractivity contribution in [2.24, 2.45) is 10.8 Å². The third kappa shape index (κ3) is 4.86. The summed E-state index contributed by atoms with van der Waals surface area (Å²) >= 11 is 3.25. The first kappa shape index (κ1) is 15.4. The van der Waals surface area contributed by atoms with Gasteiger partial charge in [-0.05, 0) is 42.3 Å². The summed E-state index contributed by atoms with van der Waals surface area (Å²) in [5, 5.41) is 6.28. The van der Waals surface area contributed by atoms with Gasteiger partial charge in [-0.25, -0.2) is 4.39 Å². The summed E-state index contributed by atoms with van der Waals surface area (Å²) in [4.78, 5) is 14.0. The Morgan fingerprint density at radius 3 is 3.00 bits per heavy atom. The molecule has 0 aliphatic heterocycles. The highest BCUT2D eigenvalue weighted by Crippen LogP contribution is 2.24. The fraction of sp³-hybridized carbons (Fsp3) is 0.364. The van der Waals surface area contributed by atoms with E-state index < -0.39 is 17.8 Å². The van der Waals surface area contributed by atoms with Crippen LogP contribution in [0.25, 0.3) is 10.4 Å². The van der Waals surface area contributed by atoms with E-state index in [4.69, 9.17) is 11.3 Å². The maximum Gasteiger partial charge on any atom is 0.239 e. The van der Waals surface area contributed by atoms with Crippen LogP contribution in [0, 0.1) is 5.82 Å². The molecular weight excluding hydrogens is 317 g/mol. The zero-order valence-corrected chi connectivity index (χ0v) is 11.6. The van der Waals surface area contributed by atoms with E-state index in [-0.39, 0.29) is 0 Å². The van der Waals surface area contributed by atoms with Gasteiger partial charge in [0, 0.05) is 15.9 Å². The number of hydrogen-bond donors (Lipinski definition) is 2. The van der Waals surface area contributed by atoms with Crippen molar-refractivity contribution < 1.29 is 9.18 Å². The molecule has 8 heteroatoms. The van der Waals surface area contributed by atoms with Crippen LogP contribution in [0.15, 0.2) is 27.8 Å². The Kier molecular flexibility index (Phi) is 6.27. The molecule has 1 rings (SSSR count). The van der Waals surface area contributed by atoms with E-state index in [9.17, 15) is 9.18 Å². The van der Waals surface area contributed by atoms with Crippen molar-refractivity contribution in [3.63, 3.8) is 0 Å². The molecule has 0 aliphatic carbocycles. The van der Waals surface area contributed by atoms with Crippen molar-refractivity contribution in [2.45, 2.75) is 12.5 Å². The first-order valence-electron chi connectivity index (χ1n) is 5.54. The number of carbonyl (C=O) groups excluding carboxylic acids is 1. The molecule has 0 bridgehead atoms. The van der Waals surface area contributed by atoms with E-state index in [0.29, 0.717) is 29.5 Å². The summed E-state index contributed by atoms with van der Waals surface area (Å²) in [7, 11) is 0. The van der Waals surface area contributed by atoms with Crippen LogP contribution in [0.3, 0.4) is 0 Å². The van der Waals surface area contributed by atoms with Crippen molar-refractivity contribution in [1.82, 2.24) is 5.32 Å². The number of carbonyl (C=O) groups is 1. The van der Waals surface area contributed by atoms with E-state index in [1.54, 1.807) is 0 Å². The highest BCUT2D eigenvalue weighted by Gasteiger charge is 2.20. The maximum atomic E-state index is 13.2. The lowest BCUT2D eigenvalue weighted by molar-refractivity contribution is -0.120. The second kappa shape index (κ2) is 7.73. The molecular formula is C11H13BrFN5O. The van der Waals surface area contributed by atoms with Crippen LogP contribution < -0.4 is 11.1 Å². The van der Waals surface area contributed by atoms with Crippen LogP contribution in [0.5, 0.6) is 0 Å². The molecule has 1 amide bonds. The lowest BCUT2D eigenvalue weighted by Crippen LogP contribution is -2.34. The fourth-order valence-corrected chi connectivity index (χ4v) is 2.02. The Balaban J connectivity index is 2.74. The average Bonchev–Trinajstić information content (AvgIpc) is 2.37. The van der Waals surface area contributed by atoms with Gasteiger partial charge in [0.25, 0.3) is 0 Å². The van der Waals surface area contributed by atoms with Gasteiger partial charge in [0.2, 0.25) is 5.91 Å². The molecule has 1 unspecified atom stereocenters. The van der Waals surface area contributed by atoms with E-state index in [2.05, 4.69) is 31.3 Å². The van der Waals surface area contributed by atoms with Crippen molar-refractivity contribution >= 4 is 21.8 Å². The molecule has 1 atom stereocenters. The summed E-state index contributed by atoms with van der Waals surface area (Å²) in [5.74, 6) is -1.05. The van der Waals surface area contributed by atoms with Crippen LogP contribution in [0.4, 0.5) is 4.39 Å². The largest absolute Gasteiger partial charge is 0.368 e. The normalized spacial score (nSPS) is 11.7. The summed E-state index contributed by atoms with van der Waals surface area (Å²) in [6, 6.07) is 3.26. The smallest absolute Gasteiger partial charge is 0.239 e. The molecule has 0 saturated carbocycles. The van der Waals surface area contributed by atoms with E-state index >= 15 is 0 Å². The first-order valence-corrected chi connectivity index (χ1v) is 6.34. The Morgan fingerprint density at radius 2 is 2.37 bits per heavy atom. The molecule has 102 valence electrons. The minimum Gasteiger partial charge on any atom is -0.368 e. The number of benzene rings is 1. The predicted molar refractivity (Wildman–Crippen MR) is 72.7 cm³/mol. The average molecular weight is 330 g/mol. The van der Waals surface area contributed by atoms with Crippen LogP contribution in [0.1, 0.15) is 18.0 Å². The molecule has 3 N–H and O–H groups in total. The zero-order chi connectivity index (χ0) is 14.3. The monoisotopic (exact) mass is 329 g/mol. The SMILES string of the molecule is [N-]=[N+]=NCCCNC(C(N)=O)c1cc(F)ccc1Br. The Morgan fingerprint density at radius 1 is 1.63 bits per heavy atom. The molecule has 1 aromatic rings. The number of nitrogens with one attached hydrogen (secondary N) is 1. The summed E-state index contributed by atoms with van der Waals surface area (Å²) in [6.07, 6.45) is 0.556. The van der Waals surface area contributed by atoms with Crippen LogP contribution in [-0.2, 0) is 4.79 Å². The van der Waals surface area contributed by atoms with E-state index in [1.165, 1.54) is 18.2 Å². The molecule has 6 nitrogen and oxygen atoms in total. The van der Waals surface area contributed by atoms with Gasteiger partial charge in [0.1, 0.15) is 11.9 Å². The number of rotatable bonds is 7. The predicted octanol–water partition coefficient (Wildman–Crippen LogP) is 2.40. The van der Waals surface area contributed by atoms with Gasteiger partial charge in [-0.1, -0.05) is 21.0 Å². The molecule has 19 heavy (non-hydrogen) atoms. The molecule has 0 saturated heterocycles. The summed E-state index contributed by atoms with van der Waals surface area (Å²) < 4.78 is 13.8. The summed E-state index contributed by atoms with van der Waals surface area (Å²) in [6.45, 7) is 0.745. The lowest BCUT2D eigenvalue weighted by atomic mass is 10.1. The van der Waals surface area contributed by atoms with Gasteiger partial charge < -0.3 is 11.1 Å². The summed E-state index contributed by atoms with van der Waals surface area (Å²) in [5.41, 5.74) is 13.9. The third-order valence-electron chi connectivity index (χ3n) is 2.40. The highest BCUT2D eigenvalue weighted by atomic mass is 79.9. The van der Waals surface area contributed by atoms with Crippen LogP contribution in [-0.4, -0.2) is 19.0 Å². The number of nitrogens with two attached hydrogens (primary N) is 1. The van der Waals surface area contributed by atoms with Gasteiger partial charge in [-0.3, -0.25) is 4.79 Å². The minimum absolute atomic E-state index is 0.319. The topological polar surface area (TPSA) is 104 Å². The van der Waals surface area contributed by atoms with Gasteiger partial charge >= 0.3 is 0 Å². The van der Waals surface area contributed by atoms with Gasteiger partial charge in [-0.2, -0.15) is 0 Å². The second-order valence-electron chi connectivity index (χ2n) is 3.76. The third-order valence-corrected chi connectivity index (χ3v) is 3.12. The number of hydrogen-bond acceptors (Lipinski definition) is 3. The van der Waals surface area contributed by atoms with Crippen molar-refractivity contribution in [2.75, 3.05) is 13.1 Å². The highest BCUT2D eigenvalue weighted by molar-refractivity contribution is 9.10. The van der Waals surface area contributed by atoms with Gasteiger partial charge in [0.15, 0.2) is 0 Å². The fourth-order valence-electron chi connectivity index (χ4n) is 1.54. The molecule has 0 radical (unpaired) electrons. The van der Waals surface area contributed by atoms with E-state index in [0.717, 1.165) is 0 Å². The zero-order valence-electron chi connectivity index (χ0n) is 10.0. The molecule has 0 fully saturated rings. The van der Waals surface area contributed by atoms with Crippen molar-refractivity contribution in [3.8, 4) is 0 Å². The standard InChI is InChI=1S/C11H13BrFN5O/c12-9-3-2-7(13)6-8(9)10(11(14)19)16-4-1-5-17-18-15/h2-3,6,10,16H,1,4-5H2,(H2,14,19). The van der Waals surface area contributed by atoms with Crippen LogP contribution >= 0.6 is 15.9 Å². The van der Waals surface area contributed by atoms with Crippen molar-refractivity contribution in [3.05, 3.63) is 44.5 Å². The first-order chi connectivity index (χ1) is 9.06. The lowest BCUT2D eigenvalue weighted by Gasteiger charge is -2.17. The Hall–Kier alpha value is -1.63. The van der Waals surface area contributed by atoms with Crippen LogP contribution in [0.2, 0.25) is 0 Å². The number of azide groups is 1. The molecule has 0 spiro atoms. The minimum atomic E-state index is -0.795. The van der Waals surface area contributed by atoms with E-state index in [1.807, 2.05) is 0 Å². The number of primary amides is 1. The quantitative estimate of drug-likeness (QED) is 0.347. The second-order valence-corrected chi connectivity index (χ2v) is 4.62. The number of nitrogens with zero attached hydrogens (tertiary/aromatic N) is 3. The van der Waals surface area contributed by atoms with Crippen molar-refractivity contribution in [1.29, 1.82) is 0 Å². The molecule has 1 aromatic carbocycles. The molecule has 0 aromatic heterocycles. The molecule has 0 heterocycles. The Labute approximate surface area is 117 Å². The van der Waals surface area contributed by atoms with Gasteiger partial charge in [-0.15, -0.1) is 0 Å². The number of amides is 1.